The van der Waals surface area contributed by atoms with Crippen LogP contribution in [-0.4, -0.2) is 25.3 Å². The molecule has 0 N–H and O–H groups in total. The summed E-state index contributed by atoms with van der Waals surface area (Å²) in [6.45, 7) is 2.38. The Kier molecular flexibility index (Phi) is 4.48. The van der Waals surface area contributed by atoms with Gasteiger partial charge >= 0.3 is 0 Å². The van der Waals surface area contributed by atoms with Crippen LogP contribution in [0, 0.1) is 5.82 Å². The second kappa shape index (κ2) is 5.77. The van der Waals surface area contributed by atoms with E-state index in [9.17, 15) is 8.60 Å². The number of fused-ring (bicyclic) bond motifs is 1. The summed E-state index contributed by atoms with van der Waals surface area (Å²) >= 11 is 11.7. The summed E-state index contributed by atoms with van der Waals surface area (Å²) in [5, 5.41) is -0.0109. The molecule has 1 heterocycles. The SMILES string of the molecule is CC(Cn1c(CCl)nc2cc(F)c(Cl)cc21)S(C)=O. The van der Waals surface area contributed by atoms with Crippen LogP contribution in [0.3, 0.4) is 0 Å². The Morgan fingerprint density at radius 3 is 2.79 bits per heavy atom. The first-order valence-electron chi connectivity index (χ1n) is 5.66. The molecule has 2 aromatic rings. The molecular weight excluding hydrogens is 310 g/mol. The lowest BCUT2D eigenvalue weighted by molar-refractivity contribution is 0.628. The summed E-state index contributed by atoms with van der Waals surface area (Å²) in [6.07, 6.45) is 1.65. The molecule has 0 radical (unpaired) electrons. The first-order chi connectivity index (χ1) is 8.93. The van der Waals surface area contributed by atoms with Crippen LogP contribution in [0.25, 0.3) is 11.0 Å². The van der Waals surface area contributed by atoms with Gasteiger partial charge in [-0.3, -0.25) is 4.21 Å². The average molecular weight is 323 g/mol. The fraction of sp³-hybridized carbons (Fsp3) is 0.417. The van der Waals surface area contributed by atoms with Crippen molar-refractivity contribution in [3.8, 4) is 0 Å². The van der Waals surface area contributed by atoms with E-state index in [-0.39, 0.29) is 16.2 Å². The number of hydrogen-bond acceptors (Lipinski definition) is 2. The highest BCUT2D eigenvalue weighted by molar-refractivity contribution is 7.84. The summed E-state index contributed by atoms with van der Waals surface area (Å²) in [5.74, 6) is 0.319. The summed E-state index contributed by atoms with van der Waals surface area (Å²) in [5.41, 5.74) is 1.21. The highest BCUT2D eigenvalue weighted by Crippen LogP contribution is 2.25. The fourth-order valence-electron chi connectivity index (χ4n) is 1.84. The second-order valence-corrected chi connectivity index (χ2v) is 6.81. The van der Waals surface area contributed by atoms with E-state index in [1.807, 2.05) is 11.5 Å². The topological polar surface area (TPSA) is 34.9 Å². The van der Waals surface area contributed by atoms with Crippen LogP contribution in [-0.2, 0) is 23.2 Å². The highest BCUT2D eigenvalue weighted by Gasteiger charge is 2.16. The van der Waals surface area contributed by atoms with Gasteiger partial charge in [0.25, 0.3) is 0 Å². The number of imidazole rings is 1. The molecule has 0 aliphatic heterocycles. The molecule has 1 aromatic carbocycles. The molecule has 2 rings (SSSR count). The number of halogens is 3. The third-order valence-electron chi connectivity index (χ3n) is 3.00. The minimum Gasteiger partial charge on any atom is -0.326 e. The van der Waals surface area contributed by atoms with E-state index in [0.717, 1.165) is 0 Å². The fourth-order valence-corrected chi connectivity index (χ4v) is 2.56. The smallest absolute Gasteiger partial charge is 0.144 e. The average Bonchev–Trinajstić information content (AvgIpc) is 2.67. The van der Waals surface area contributed by atoms with Crippen molar-refractivity contribution < 1.29 is 8.60 Å². The van der Waals surface area contributed by atoms with Crippen LogP contribution in [0.4, 0.5) is 4.39 Å². The number of rotatable bonds is 4. The molecule has 0 saturated heterocycles. The molecule has 3 nitrogen and oxygen atoms in total. The molecule has 0 saturated carbocycles. The molecule has 104 valence electrons. The van der Waals surface area contributed by atoms with Crippen molar-refractivity contribution in [1.82, 2.24) is 9.55 Å². The minimum atomic E-state index is -0.957. The third kappa shape index (κ3) is 2.93. The van der Waals surface area contributed by atoms with E-state index in [1.165, 1.54) is 12.1 Å². The van der Waals surface area contributed by atoms with Crippen molar-refractivity contribution in [1.29, 1.82) is 0 Å². The lowest BCUT2D eigenvalue weighted by atomic mass is 10.3. The van der Waals surface area contributed by atoms with Crippen LogP contribution in [0.1, 0.15) is 12.7 Å². The quantitative estimate of drug-likeness (QED) is 0.809. The maximum absolute atomic E-state index is 13.4. The van der Waals surface area contributed by atoms with Gasteiger partial charge in [-0.1, -0.05) is 11.6 Å². The summed E-state index contributed by atoms with van der Waals surface area (Å²) in [6, 6.07) is 2.82. The van der Waals surface area contributed by atoms with Crippen molar-refractivity contribution in [2.75, 3.05) is 6.26 Å². The van der Waals surface area contributed by atoms with Crippen molar-refractivity contribution in [3.05, 3.63) is 28.8 Å². The van der Waals surface area contributed by atoms with Crippen molar-refractivity contribution in [3.63, 3.8) is 0 Å². The van der Waals surface area contributed by atoms with E-state index in [4.69, 9.17) is 23.2 Å². The number of nitrogens with zero attached hydrogens (tertiary/aromatic N) is 2. The molecule has 0 amide bonds. The van der Waals surface area contributed by atoms with Crippen LogP contribution in [0.15, 0.2) is 12.1 Å². The lowest BCUT2D eigenvalue weighted by Crippen LogP contribution is -2.18. The van der Waals surface area contributed by atoms with Crippen LogP contribution in [0.2, 0.25) is 5.02 Å². The van der Waals surface area contributed by atoms with Gasteiger partial charge < -0.3 is 4.57 Å². The Morgan fingerprint density at radius 1 is 1.53 bits per heavy atom. The molecule has 0 aliphatic rings. The normalized spacial score (nSPS) is 14.8. The van der Waals surface area contributed by atoms with Crippen molar-refractivity contribution in [2.45, 2.75) is 24.6 Å². The van der Waals surface area contributed by atoms with Gasteiger partial charge in [0.05, 0.1) is 21.9 Å². The van der Waals surface area contributed by atoms with Gasteiger partial charge in [0.15, 0.2) is 0 Å². The van der Waals surface area contributed by atoms with Crippen LogP contribution < -0.4 is 0 Å². The van der Waals surface area contributed by atoms with E-state index in [0.29, 0.717) is 23.4 Å². The van der Waals surface area contributed by atoms with Gasteiger partial charge in [-0.2, -0.15) is 0 Å². The molecule has 1 aromatic heterocycles. The lowest BCUT2D eigenvalue weighted by Gasteiger charge is -2.12. The van der Waals surface area contributed by atoms with Gasteiger partial charge in [0.2, 0.25) is 0 Å². The van der Waals surface area contributed by atoms with E-state index in [1.54, 1.807) is 6.26 Å². The molecule has 0 bridgehead atoms. The Morgan fingerprint density at radius 2 is 2.21 bits per heavy atom. The summed E-state index contributed by atoms with van der Waals surface area (Å²) < 4.78 is 26.8. The van der Waals surface area contributed by atoms with Gasteiger partial charge in [0.1, 0.15) is 11.6 Å². The van der Waals surface area contributed by atoms with E-state index >= 15 is 0 Å². The molecule has 7 heteroatoms. The Bertz CT molecular complexity index is 644. The molecule has 0 aliphatic carbocycles. The van der Waals surface area contributed by atoms with Gasteiger partial charge in [-0.25, -0.2) is 9.37 Å². The molecule has 0 spiro atoms. The zero-order valence-electron chi connectivity index (χ0n) is 10.5. The maximum atomic E-state index is 13.4. The largest absolute Gasteiger partial charge is 0.326 e. The number of benzene rings is 1. The number of alkyl halides is 1. The Hall–Kier alpha value is -0.650. The van der Waals surface area contributed by atoms with E-state index < -0.39 is 16.6 Å². The van der Waals surface area contributed by atoms with Crippen molar-refractivity contribution >= 4 is 45.0 Å². The van der Waals surface area contributed by atoms with Crippen molar-refractivity contribution in [2.24, 2.45) is 0 Å². The van der Waals surface area contributed by atoms with Gasteiger partial charge in [0, 0.05) is 34.9 Å². The zero-order valence-corrected chi connectivity index (χ0v) is 12.8. The molecule has 0 fully saturated rings. The minimum absolute atomic E-state index is 0.0417. The maximum Gasteiger partial charge on any atom is 0.144 e. The Balaban J connectivity index is 2.56. The number of hydrogen-bond donors (Lipinski definition) is 0. The van der Waals surface area contributed by atoms with Gasteiger partial charge in [-0.05, 0) is 13.0 Å². The third-order valence-corrected chi connectivity index (χ3v) is 4.81. The van der Waals surface area contributed by atoms with Crippen LogP contribution in [0.5, 0.6) is 0 Å². The number of aromatic nitrogens is 2. The second-order valence-electron chi connectivity index (χ2n) is 4.34. The zero-order chi connectivity index (χ0) is 14.2. The summed E-state index contributed by atoms with van der Waals surface area (Å²) in [4.78, 5) is 4.28. The molecule has 2 atom stereocenters. The molecule has 2 unspecified atom stereocenters. The first-order valence-corrected chi connectivity index (χ1v) is 8.19. The van der Waals surface area contributed by atoms with Gasteiger partial charge in [-0.15, -0.1) is 11.6 Å². The predicted octanol–water partition coefficient (Wildman–Crippen LogP) is 3.33. The van der Waals surface area contributed by atoms with E-state index in [2.05, 4.69) is 4.98 Å². The first kappa shape index (κ1) is 14.8. The van der Waals surface area contributed by atoms with Crippen LogP contribution >= 0.6 is 23.2 Å². The molecule has 19 heavy (non-hydrogen) atoms. The summed E-state index contributed by atoms with van der Waals surface area (Å²) in [7, 11) is -0.957. The highest BCUT2D eigenvalue weighted by atomic mass is 35.5. The monoisotopic (exact) mass is 322 g/mol. The predicted molar refractivity (Wildman–Crippen MR) is 77.8 cm³/mol. The molecular formula is C12H13Cl2FN2OS. The standard InChI is InChI=1S/C12H13Cl2FN2OS/c1-7(19(2)18)6-17-11-3-8(14)9(15)4-10(11)16-12(17)5-13/h3-4,7H,5-6H2,1-2H3. The Labute approximate surface area is 123 Å².